The Kier molecular flexibility index (Phi) is 6.57. The molecule has 3 rings (SSSR count). The highest BCUT2D eigenvalue weighted by molar-refractivity contribution is 7.99. The summed E-state index contributed by atoms with van der Waals surface area (Å²) < 4.78 is 0. The summed E-state index contributed by atoms with van der Waals surface area (Å²) in [7, 11) is 0. The van der Waals surface area contributed by atoms with Crippen LogP contribution in [0.1, 0.15) is 26.3 Å². The normalized spacial score (nSPS) is 10.4. The number of benzene rings is 1. The van der Waals surface area contributed by atoms with E-state index in [9.17, 15) is 9.59 Å². The van der Waals surface area contributed by atoms with Gasteiger partial charge in [-0.25, -0.2) is 4.98 Å². The third kappa shape index (κ3) is 5.64. The van der Waals surface area contributed by atoms with Crippen molar-refractivity contribution < 1.29 is 9.59 Å². The molecule has 0 aliphatic rings. The number of carbonyl (C=O) groups is 2. The number of pyridine rings is 2. The molecule has 0 bridgehead atoms. The van der Waals surface area contributed by atoms with Gasteiger partial charge in [0.2, 0.25) is 0 Å². The lowest BCUT2D eigenvalue weighted by Crippen LogP contribution is -2.22. The standard InChI is InChI=1S/C20H16ClN3O2S/c21-17-4-1-15(2-5-17)18(25)13-27-19-6-3-16(12-23-19)20(26)24-11-14-7-9-22-10-8-14/h1-10,12H,11,13H2,(H,24,26). The second kappa shape index (κ2) is 9.30. The molecule has 0 aliphatic carbocycles. The lowest BCUT2D eigenvalue weighted by molar-refractivity contribution is 0.0949. The molecule has 2 aromatic heterocycles. The molecule has 1 aromatic carbocycles. The van der Waals surface area contributed by atoms with Gasteiger partial charge in [0.25, 0.3) is 5.91 Å². The van der Waals surface area contributed by atoms with Crippen molar-refractivity contribution in [1.29, 1.82) is 0 Å². The molecule has 0 radical (unpaired) electrons. The summed E-state index contributed by atoms with van der Waals surface area (Å²) in [6, 6.07) is 13.9. The minimum absolute atomic E-state index is 0.00219. The molecular formula is C20H16ClN3O2S. The number of Topliss-reactive ketones (excluding diaryl/α,β-unsaturated/α-hetero) is 1. The van der Waals surface area contributed by atoms with Gasteiger partial charge in [-0.05, 0) is 54.1 Å². The monoisotopic (exact) mass is 397 g/mol. The van der Waals surface area contributed by atoms with Gasteiger partial charge in [0.05, 0.1) is 16.3 Å². The molecule has 136 valence electrons. The molecule has 3 aromatic rings. The van der Waals surface area contributed by atoms with E-state index in [1.54, 1.807) is 48.8 Å². The van der Waals surface area contributed by atoms with E-state index in [1.807, 2.05) is 12.1 Å². The van der Waals surface area contributed by atoms with Crippen molar-refractivity contribution in [3.05, 3.63) is 88.8 Å². The third-order valence-corrected chi connectivity index (χ3v) is 4.91. The van der Waals surface area contributed by atoms with Crippen LogP contribution < -0.4 is 5.32 Å². The highest BCUT2D eigenvalue weighted by Gasteiger charge is 2.09. The molecule has 0 atom stereocenters. The second-order valence-electron chi connectivity index (χ2n) is 5.64. The Balaban J connectivity index is 1.51. The highest BCUT2D eigenvalue weighted by Crippen LogP contribution is 2.18. The summed E-state index contributed by atoms with van der Waals surface area (Å²) in [5, 5.41) is 4.11. The van der Waals surface area contributed by atoms with Gasteiger partial charge in [-0.3, -0.25) is 14.6 Å². The molecule has 0 unspecified atom stereocenters. The van der Waals surface area contributed by atoms with E-state index >= 15 is 0 Å². The lowest BCUT2D eigenvalue weighted by Gasteiger charge is -2.06. The van der Waals surface area contributed by atoms with Crippen molar-refractivity contribution in [2.24, 2.45) is 0 Å². The number of amides is 1. The molecule has 0 spiro atoms. The average molecular weight is 398 g/mol. The SMILES string of the molecule is O=C(CSc1ccc(C(=O)NCc2ccncc2)cn1)c1ccc(Cl)cc1. The molecule has 0 saturated heterocycles. The zero-order chi connectivity index (χ0) is 19.1. The Morgan fingerprint density at radius 1 is 0.963 bits per heavy atom. The number of thioether (sulfide) groups is 1. The quantitative estimate of drug-likeness (QED) is 0.481. The number of rotatable bonds is 7. The number of nitrogens with zero attached hydrogens (tertiary/aromatic N) is 2. The van der Waals surface area contributed by atoms with Gasteiger partial charge in [-0.15, -0.1) is 0 Å². The van der Waals surface area contributed by atoms with Crippen LogP contribution in [0.2, 0.25) is 5.02 Å². The van der Waals surface area contributed by atoms with E-state index in [1.165, 1.54) is 18.0 Å². The summed E-state index contributed by atoms with van der Waals surface area (Å²) in [5.74, 6) is 0.0631. The fourth-order valence-electron chi connectivity index (χ4n) is 2.24. The number of nitrogens with one attached hydrogen (secondary N) is 1. The first kappa shape index (κ1) is 19.1. The number of ketones is 1. The predicted molar refractivity (Wildman–Crippen MR) is 106 cm³/mol. The Morgan fingerprint density at radius 2 is 1.67 bits per heavy atom. The van der Waals surface area contributed by atoms with Crippen molar-refractivity contribution in [2.75, 3.05) is 5.75 Å². The highest BCUT2D eigenvalue weighted by atomic mass is 35.5. The maximum Gasteiger partial charge on any atom is 0.253 e. The Hall–Kier alpha value is -2.70. The summed E-state index contributed by atoms with van der Waals surface area (Å²) in [6.07, 6.45) is 4.87. The Bertz CT molecular complexity index is 916. The third-order valence-electron chi connectivity index (χ3n) is 3.72. The molecule has 0 aliphatic heterocycles. The zero-order valence-electron chi connectivity index (χ0n) is 14.3. The van der Waals surface area contributed by atoms with Gasteiger partial charge in [0.15, 0.2) is 5.78 Å². The Morgan fingerprint density at radius 3 is 2.33 bits per heavy atom. The van der Waals surface area contributed by atoms with Crippen LogP contribution in [0.4, 0.5) is 0 Å². The number of carbonyl (C=O) groups excluding carboxylic acids is 2. The average Bonchev–Trinajstić information content (AvgIpc) is 2.72. The number of hydrogen-bond acceptors (Lipinski definition) is 5. The van der Waals surface area contributed by atoms with E-state index in [4.69, 9.17) is 11.6 Å². The first-order chi connectivity index (χ1) is 13.1. The van der Waals surface area contributed by atoms with Gasteiger partial charge in [-0.1, -0.05) is 23.4 Å². The first-order valence-electron chi connectivity index (χ1n) is 8.16. The number of hydrogen-bond donors (Lipinski definition) is 1. The van der Waals surface area contributed by atoms with Crippen LogP contribution in [0.5, 0.6) is 0 Å². The minimum atomic E-state index is -0.201. The summed E-state index contributed by atoms with van der Waals surface area (Å²) >= 11 is 7.15. The summed E-state index contributed by atoms with van der Waals surface area (Å²) in [4.78, 5) is 32.5. The van der Waals surface area contributed by atoms with E-state index in [0.717, 1.165) is 5.56 Å². The van der Waals surface area contributed by atoms with Gasteiger partial charge >= 0.3 is 0 Å². The van der Waals surface area contributed by atoms with E-state index in [0.29, 0.717) is 27.7 Å². The van der Waals surface area contributed by atoms with Crippen LogP contribution in [-0.2, 0) is 6.54 Å². The lowest BCUT2D eigenvalue weighted by atomic mass is 10.1. The van der Waals surface area contributed by atoms with E-state index in [2.05, 4.69) is 15.3 Å². The second-order valence-corrected chi connectivity index (χ2v) is 7.07. The summed E-state index contributed by atoms with van der Waals surface area (Å²) in [5.41, 5.74) is 2.05. The maximum absolute atomic E-state index is 12.2. The van der Waals surface area contributed by atoms with Crippen molar-refractivity contribution in [2.45, 2.75) is 11.6 Å². The van der Waals surface area contributed by atoms with Crippen LogP contribution in [-0.4, -0.2) is 27.4 Å². The molecule has 1 amide bonds. The van der Waals surface area contributed by atoms with Crippen molar-refractivity contribution in [3.8, 4) is 0 Å². The van der Waals surface area contributed by atoms with Gasteiger partial charge in [-0.2, -0.15) is 0 Å². The predicted octanol–water partition coefficient (Wildman–Crippen LogP) is 4.04. The van der Waals surface area contributed by atoms with Crippen LogP contribution in [0.15, 0.2) is 72.1 Å². The number of aromatic nitrogens is 2. The molecule has 5 nitrogen and oxygen atoms in total. The molecule has 2 heterocycles. The molecule has 27 heavy (non-hydrogen) atoms. The molecular weight excluding hydrogens is 382 g/mol. The van der Waals surface area contributed by atoms with Crippen LogP contribution in [0.3, 0.4) is 0 Å². The van der Waals surface area contributed by atoms with E-state index < -0.39 is 0 Å². The fourth-order valence-corrected chi connectivity index (χ4v) is 3.11. The van der Waals surface area contributed by atoms with Crippen LogP contribution in [0.25, 0.3) is 0 Å². The van der Waals surface area contributed by atoms with Crippen molar-refractivity contribution in [3.63, 3.8) is 0 Å². The fraction of sp³-hybridized carbons (Fsp3) is 0.100. The molecule has 1 N–H and O–H groups in total. The van der Waals surface area contributed by atoms with Crippen molar-refractivity contribution >= 4 is 35.1 Å². The smallest absolute Gasteiger partial charge is 0.253 e. The molecule has 7 heteroatoms. The molecule has 0 fully saturated rings. The summed E-state index contributed by atoms with van der Waals surface area (Å²) in [6.45, 7) is 0.424. The van der Waals surface area contributed by atoms with Gasteiger partial charge < -0.3 is 5.32 Å². The van der Waals surface area contributed by atoms with Crippen LogP contribution >= 0.6 is 23.4 Å². The van der Waals surface area contributed by atoms with Gasteiger partial charge in [0.1, 0.15) is 0 Å². The largest absolute Gasteiger partial charge is 0.348 e. The van der Waals surface area contributed by atoms with Crippen LogP contribution in [0, 0.1) is 0 Å². The first-order valence-corrected chi connectivity index (χ1v) is 9.53. The zero-order valence-corrected chi connectivity index (χ0v) is 15.8. The maximum atomic E-state index is 12.2. The topological polar surface area (TPSA) is 72.0 Å². The van der Waals surface area contributed by atoms with Crippen molar-refractivity contribution in [1.82, 2.24) is 15.3 Å². The molecule has 0 saturated carbocycles. The number of halogens is 1. The van der Waals surface area contributed by atoms with Gasteiger partial charge in [0, 0.05) is 35.7 Å². The van der Waals surface area contributed by atoms with E-state index in [-0.39, 0.29) is 17.4 Å². The Labute approximate surface area is 166 Å². The minimum Gasteiger partial charge on any atom is -0.348 e.